The highest BCUT2D eigenvalue weighted by Crippen LogP contribution is 2.20. The van der Waals surface area contributed by atoms with Crippen LogP contribution in [0.1, 0.15) is 5.69 Å². The van der Waals surface area contributed by atoms with Crippen molar-refractivity contribution < 1.29 is 9.18 Å². The molecule has 0 aliphatic carbocycles. The molecular weight excluding hydrogens is 207 g/mol. The Labute approximate surface area is 92.9 Å². The van der Waals surface area contributed by atoms with Gasteiger partial charge in [0.2, 0.25) is 5.91 Å². The van der Waals surface area contributed by atoms with Gasteiger partial charge in [-0.2, -0.15) is 0 Å². The van der Waals surface area contributed by atoms with Gasteiger partial charge in [-0.05, 0) is 24.3 Å². The Bertz CT molecular complexity index is 545. The van der Waals surface area contributed by atoms with Crippen LogP contribution in [0.2, 0.25) is 0 Å². The Morgan fingerprint density at radius 3 is 2.88 bits per heavy atom. The van der Waals surface area contributed by atoms with E-state index in [2.05, 4.69) is 5.32 Å². The number of benzene rings is 1. The van der Waals surface area contributed by atoms with Crippen LogP contribution < -0.4 is 5.32 Å². The Morgan fingerprint density at radius 1 is 1.44 bits per heavy atom. The maximum atomic E-state index is 13.0. The van der Waals surface area contributed by atoms with E-state index in [0.717, 1.165) is 16.6 Å². The summed E-state index contributed by atoms with van der Waals surface area (Å²) in [5.41, 5.74) is 1.81. The molecule has 0 aliphatic heterocycles. The van der Waals surface area contributed by atoms with Gasteiger partial charge >= 0.3 is 0 Å². The third-order valence-electron chi connectivity index (χ3n) is 2.72. The van der Waals surface area contributed by atoms with E-state index in [4.69, 9.17) is 0 Å². The molecule has 4 heteroatoms. The van der Waals surface area contributed by atoms with Crippen LogP contribution in [0.4, 0.5) is 4.39 Å². The zero-order valence-corrected chi connectivity index (χ0v) is 9.25. The van der Waals surface area contributed by atoms with Gasteiger partial charge in [0.05, 0.1) is 6.42 Å². The van der Waals surface area contributed by atoms with Crippen molar-refractivity contribution in [3.05, 3.63) is 35.8 Å². The van der Waals surface area contributed by atoms with Crippen LogP contribution in [0.15, 0.2) is 24.3 Å². The Balaban J connectivity index is 2.47. The molecule has 1 amide bonds. The predicted octanol–water partition coefficient (Wildman–Crippen LogP) is 1.61. The molecule has 0 bridgehead atoms. The van der Waals surface area contributed by atoms with Gasteiger partial charge < -0.3 is 9.88 Å². The van der Waals surface area contributed by atoms with Crippen LogP contribution in [-0.4, -0.2) is 17.5 Å². The number of aryl methyl sites for hydroxylation is 1. The third kappa shape index (κ3) is 1.78. The van der Waals surface area contributed by atoms with Crippen molar-refractivity contribution in [2.24, 2.45) is 7.05 Å². The summed E-state index contributed by atoms with van der Waals surface area (Å²) in [6, 6.07) is 6.46. The summed E-state index contributed by atoms with van der Waals surface area (Å²) in [4.78, 5) is 11.3. The summed E-state index contributed by atoms with van der Waals surface area (Å²) in [5, 5.41) is 3.39. The average Bonchev–Trinajstić information content (AvgIpc) is 2.55. The fraction of sp³-hybridized carbons (Fsp3) is 0.250. The standard InChI is InChI=1S/C12H13FN2O/c1-14-12(16)7-10-6-8-5-9(13)3-4-11(8)15(10)2/h3-6H,7H2,1-2H3,(H,14,16). The lowest BCUT2D eigenvalue weighted by molar-refractivity contribution is -0.120. The molecule has 0 saturated carbocycles. The largest absolute Gasteiger partial charge is 0.359 e. The normalized spacial score (nSPS) is 10.7. The van der Waals surface area contributed by atoms with Crippen molar-refractivity contribution >= 4 is 16.8 Å². The van der Waals surface area contributed by atoms with Gasteiger partial charge in [0.1, 0.15) is 5.82 Å². The predicted molar refractivity (Wildman–Crippen MR) is 60.6 cm³/mol. The Morgan fingerprint density at radius 2 is 2.19 bits per heavy atom. The second-order valence-corrected chi connectivity index (χ2v) is 3.75. The lowest BCUT2D eigenvalue weighted by Crippen LogP contribution is -2.21. The molecule has 0 unspecified atom stereocenters. The van der Waals surface area contributed by atoms with Gasteiger partial charge in [0, 0.05) is 30.7 Å². The first kappa shape index (κ1) is 10.7. The number of rotatable bonds is 2. The van der Waals surface area contributed by atoms with Crippen LogP contribution in [-0.2, 0) is 18.3 Å². The fourth-order valence-electron chi connectivity index (χ4n) is 1.80. The second kappa shape index (κ2) is 3.96. The molecular formula is C12H13FN2O. The van der Waals surface area contributed by atoms with Crippen LogP contribution in [0.3, 0.4) is 0 Å². The first-order valence-electron chi connectivity index (χ1n) is 5.06. The molecule has 1 aromatic carbocycles. The quantitative estimate of drug-likeness (QED) is 0.819. The zero-order chi connectivity index (χ0) is 11.7. The van der Waals surface area contributed by atoms with Gasteiger partial charge in [0.15, 0.2) is 0 Å². The van der Waals surface area contributed by atoms with E-state index in [1.54, 1.807) is 13.1 Å². The SMILES string of the molecule is CNC(=O)Cc1cc2cc(F)ccc2n1C. The number of likely N-dealkylation sites (N-methyl/N-ethyl adjacent to an activating group) is 1. The highest BCUT2D eigenvalue weighted by Gasteiger charge is 2.09. The molecule has 0 atom stereocenters. The van der Waals surface area contributed by atoms with E-state index in [1.807, 2.05) is 17.7 Å². The maximum Gasteiger partial charge on any atom is 0.225 e. The number of fused-ring (bicyclic) bond motifs is 1. The molecule has 2 rings (SSSR count). The van der Waals surface area contributed by atoms with Crippen molar-refractivity contribution in [3.8, 4) is 0 Å². The van der Waals surface area contributed by atoms with Gasteiger partial charge in [-0.1, -0.05) is 0 Å². The molecule has 1 N–H and O–H groups in total. The van der Waals surface area contributed by atoms with E-state index in [-0.39, 0.29) is 11.7 Å². The molecule has 0 spiro atoms. The lowest BCUT2D eigenvalue weighted by Gasteiger charge is -2.02. The number of nitrogens with zero attached hydrogens (tertiary/aromatic N) is 1. The highest BCUT2D eigenvalue weighted by atomic mass is 19.1. The molecule has 0 fully saturated rings. The Hall–Kier alpha value is -1.84. The summed E-state index contributed by atoms with van der Waals surface area (Å²) < 4.78 is 14.9. The monoisotopic (exact) mass is 220 g/mol. The summed E-state index contributed by atoms with van der Waals surface area (Å²) in [6.45, 7) is 0. The zero-order valence-electron chi connectivity index (χ0n) is 9.25. The molecule has 1 heterocycles. The molecule has 84 valence electrons. The smallest absolute Gasteiger partial charge is 0.225 e. The molecule has 0 aliphatic rings. The van der Waals surface area contributed by atoms with Gasteiger partial charge in [-0.15, -0.1) is 0 Å². The maximum absolute atomic E-state index is 13.0. The van der Waals surface area contributed by atoms with E-state index in [1.165, 1.54) is 12.1 Å². The van der Waals surface area contributed by atoms with Gasteiger partial charge in [-0.25, -0.2) is 4.39 Å². The molecule has 0 radical (unpaired) electrons. The first-order valence-corrected chi connectivity index (χ1v) is 5.06. The number of halogens is 1. The topological polar surface area (TPSA) is 34.0 Å². The summed E-state index contributed by atoms with van der Waals surface area (Å²) in [7, 11) is 3.48. The van der Waals surface area contributed by atoms with Crippen LogP contribution in [0.5, 0.6) is 0 Å². The minimum atomic E-state index is -0.260. The summed E-state index contributed by atoms with van der Waals surface area (Å²) in [5.74, 6) is -0.309. The lowest BCUT2D eigenvalue weighted by atomic mass is 10.2. The molecule has 1 aromatic heterocycles. The first-order chi connectivity index (χ1) is 7.61. The van der Waals surface area contributed by atoms with Crippen molar-refractivity contribution in [3.63, 3.8) is 0 Å². The fourth-order valence-corrected chi connectivity index (χ4v) is 1.80. The molecule has 16 heavy (non-hydrogen) atoms. The number of hydrogen-bond acceptors (Lipinski definition) is 1. The second-order valence-electron chi connectivity index (χ2n) is 3.75. The van der Waals surface area contributed by atoms with E-state index in [0.29, 0.717) is 6.42 Å². The van der Waals surface area contributed by atoms with Crippen molar-refractivity contribution in [1.29, 1.82) is 0 Å². The van der Waals surface area contributed by atoms with Crippen LogP contribution >= 0.6 is 0 Å². The Kier molecular flexibility index (Phi) is 2.64. The summed E-state index contributed by atoms with van der Waals surface area (Å²) in [6.07, 6.45) is 0.309. The molecule has 0 saturated heterocycles. The average molecular weight is 220 g/mol. The molecule has 3 nitrogen and oxygen atoms in total. The van der Waals surface area contributed by atoms with E-state index < -0.39 is 0 Å². The minimum Gasteiger partial charge on any atom is -0.359 e. The summed E-state index contributed by atoms with van der Waals surface area (Å²) >= 11 is 0. The van der Waals surface area contributed by atoms with Crippen LogP contribution in [0, 0.1) is 5.82 Å². The number of hydrogen-bond donors (Lipinski definition) is 1. The van der Waals surface area contributed by atoms with Crippen molar-refractivity contribution in [1.82, 2.24) is 9.88 Å². The number of carbonyl (C=O) groups excluding carboxylic acids is 1. The highest BCUT2D eigenvalue weighted by molar-refractivity contribution is 5.84. The number of aromatic nitrogens is 1. The van der Waals surface area contributed by atoms with E-state index >= 15 is 0 Å². The van der Waals surface area contributed by atoms with Gasteiger partial charge in [0.25, 0.3) is 0 Å². The number of carbonyl (C=O) groups is 1. The van der Waals surface area contributed by atoms with Crippen molar-refractivity contribution in [2.75, 3.05) is 7.05 Å². The van der Waals surface area contributed by atoms with Crippen molar-refractivity contribution in [2.45, 2.75) is 6.42 Å². The third-order valence-corrected chi connectivity index (χ3v) is 2.72. The number of amides is 1. The van der Waals surface area contributed by atoms with Gasteiger partial charge in [-0.3, -0.25) is 4.79 Å². The van der Waals surface area contributed by atoms with Crippen LogP contribution in [0.25, 0.3) is 10.9 Å². The number of nitrogens with one attached hydrogen (secondary N) is 1. The minimum absolute atomic E-state index is 0.0496. The van der Waals surface area contributed by atoms with E-state index in [9.17, 15) is 9.18 Å². The molecule has 2 aromatic rings.